The summed E-state index contributed by atoms with van der Waals surface area (Å²) in [4.78, 5) is 13.0. The number of amides is 1. The molecule has 4 aliphatic rings. The van der Waals surface area contributed by atoms with Gasteiger partial charge in [0.15, 0.2) is 0 Å². The molecule has 4 saturated heterocycles. The second-order valence-corrected chi connectivity index (χ2v) is 10.7. The van der Waals surface area contributed by atoms with Crippen molar-refractivity contribution in [1.29, 1.82) is 5.26 Å². The van der Waals surface area contributed by atoms with Crippen molar-refractivity contribution in [3.8, 4) is 6.07 Å². The molecule has 11 heteroatoms. The lowest BCUT2D eigenvalue weighted by Gasteiger charge is -2.39. The second-order valence-electron chi connectivity index (χ2n) is 8.78. The number of nitrogens with zero attached hydrogens (tertiary/aromatic N) is 3. The minimum atomic E-state index is -3.43. The molecule has 1 aromatic rings. The van der Waals surface area contributed by atoms with Crippen molar-refractivity contribution in [2.75, 3.05) is 38.2 Å². The minimum absolute atomic E-state index is 0.0315. The van der Waals surface area contributed by atoms with Crippen LogP contribution in [0.2, 0.25) is 0 Å². The van der Waals surface area contributed by atoms with Crippen LogP contribution in [-0.2, 0) is 19.6 Å². The van der Waals surface area contributed by atoms with E-state index in [0.29, 0.717) is 39.3 Å². The molecule has 1 aromatic carbocycles. The molecular weight excluding hydrogens is 432 g/mol. The third-order valence-corrected chi connectivity index (χ3v) is 8.85. The van der Waals surface area contributed by atoms with E-state index < -0.39 is 10.0 Å². The molecule has 172 valence electrons. The monoisotopic (exact) mass is 460 g/mol. The van der Waals surface area contributed by atoms with Gasteiger partial charge in [0.2, 0.25) is 15.9 Å². The van der Waals surface area contributed by atoms with Gasteiger partial charge < -0.3 is 15.4 Å². The van der Waals surface area contributed by atoms with Gasteiger partial charge in [-0.3, -0.25) is 4.79 Å². The van der Waals surface area contributed by atoms with Crippen molar-refractivity contribution in [3.63, 3.8) is 0 Å². The van der Waals surface area contributed by atoms with Gasteiger partial charge in [-0.05, 0) is 43.5 Å². The number of anilines is 1. The Bertz CT molecular complexity index is 1010. The van der Waals surface area contributed by atoms with E-state index in [1.165, 1.54) is 4.31 Å². The molecule has 3 N–H and O–H groups in total. The molecule has 1 amide bonds. The van der Waals surface area contributed by atoms with E-state index in [9.17, 15) is 18.5 Å². The Balaban J connectivity index is 1.34. The number of nitrogens with one attached hydrogen (secondary N) is 3. The first kappa shape index (κ1) is 21.6. The lowest BCUT2D eigenvalue weighted by Crippen LogP contribution is -2.56. The maximum Gasteiger partial charge on any atom is 0.243 e. The largest absolute Gasteiger partial charge is 0.380 e. The predicted octanol–water partition coefficient (Wildman–Crippen LogP) is 0.0726. The van der Waals surface area contributed by atoms with Crippen LogP contribution in [0.1, 0.15) is 19.3 Å². The zero-order valence-electron chi connectivity index (χ0n) is 17.7. The highest BCUT2D eigenvalue weighted by Crippen LogP contribution is 2.34. The third-order valence-electron chi connectivity index (χ3n) is 6.94. The number of hydrazine groups is 1. The minimum Gasteiger partial charge on any atom is -0.380 e. The van der Waals surface area contributed by atoms with Gasteiger partial charge in [-0.25, -0.2) is 18.9 Å². The highest BCUT2D eigenvalue weighted by atomic mass is 32.2. The summed E-state index contributed by atoms with van der Waals surface area (Å²) < 4.78 is 32.3. The number of ether oxygens (including phenoxy) is 1. The Labute approximate surface area is 187 Å². The van der Waals surface area contributed by atoms with E-state index in [-0.39, 0.29) is 40.9 Å². The summed E-state index contributed by atoms with van der Waals surface area (Å²) in [7, 11) is -3.43. The van der Waals surface area contributed by atoms with Crippen molar-refractivity contribution < 1.29 is 17.9 Å². The molecule has 5 rings (SSSR count). The number of carbonyl (C=O) groups excluding carboxylic acids is 1. The van der Waals surface area contributed by atoms with Crippen molar-refractivity contribution >= 4 is 21.6 Å². The Morgan fingerprint density at radius 3 is 2.62 bits per heavy atom. The van der Waals surface area contributed by atoms with Gasteiger partial charge in [-0.15, -0.1) is 0 Å². The maximum atomic E-state index is 12.8. The van der Waals surface area contributed by atoms with Crippen LogP contribution in [0, 0.1) is 23.2 Å². The quantitative estimate of drug-likeness (QED) is 0.564. The first-order valence-corrected chi connectivity index (χ1v) is 12.6. The van der Waals surface area contributed by atoms with Gasteiger partial charge in [0.05, 0.1) is 35.4 Å². The van der Waals surface area contributed by atoms with Crippen LogP contribution in [0.15, 0.2) is 29.2 Å². The Hall–Kier alpha value is -2.23. The fourth-order valence-electron chi connectivity index (χ4n) is 5.03. The van der Waals surface area contributed by atoms with Gasteiger partial charge >= 0.3 is 0 Å². The molecule has 0 aliphatic carbocycles. The van der Waals surface area contributed by atoms with E-state index in [1.54, 1.807) is 24.3 Å². The molecule has 0 saturated carbocycles. The normalized spacial score (nSPS) is 33.6. The molecule has 4 aliphatic heterocycles. The van der Waals surface area contributed by atoms with E-state index in [1.807, 2.05) is 0 Å². The van der Waals surface area contributed by atoms with E-state index in [0.717, 1.165) is 18.5 Å². The number of benzene rings is 1. The number of hydrogen-bond donors (Lipinski definition) is 3. The first-order chi connectivity index (χ1) is 15.5. The summed E-state index contributed by atoms with van der Waals surface area (Å²) in [5.74, 6) is -0.530. The smallest absolute Gasteiger partial charge is 0.243 e. The SMILES string of the molecule is N#C[C@H]1CCOC[C@@H]1N1NC(Nc2ccc(S(=O)(=O)N3CCC3)cc2)C2C(=O)NCCC21. The Morgan fingerprint density at radius 1 is 1.16 bits per heavy atom. The average Bonchev–Trinajstić information content (AvgIpc) is 3.12. The maximum absolute atomic E-state index is 12.8. The van der Waals surface area contributed by atoms with Gasteiger partial charge in [-0.1, -0.05) is 0 Å². The van der Waals surface area contributed by atoms with Crippen LogP contribution in [0.3, 0.4) is 0 Å². The van der Waals surface area contributed by atoms with Crippen molar-refractivity contribution in [2.24, 2.45) is 11.8 Å². The molecule has 32 heavy (non-hydrogen) atoms. The summed E-state index contributed by atoms with van der Waals surface area (Å²) in [6, 6.07) is 8.89. The van der Waals surface area contributed by atoms with Crippen LogP contribution >= 0.6 is 0 Å². The molecule has 4 fully saturated rings. The number of fused-ring (bicyclic) bond motifs is 1. The molecule has 0 spiro atoms. The van der Waals surface area contributed by atoms with Crippen LogP contribution in [0.5, 0.6) is 0 Å². The van der Waals surface area contributed by atoms with Crippen LogP contribution < -0.4 is 16.1 Å². The number of sulfonamides is 1. The Kier molecular flexibility index (Phi) is 5.81. The summed E-state index contributed by atoms with van der Waals surface area (Å²) in [6.07, 6.45) is 1.97. The zero-order chi connectivity index (χ0) is 22.3. The van der Waals surface area contributed by atoms with E-state index >= 15 is 0 Å². The topological polar surface area (TPSA) is 127 Å². The molecule has 0 bridgehead atoms. The molecular formula is C21H28N6O4S. The summed E-state index contributed by atoms with van der Waals surface area (Å²) in [5.41, 5.74) is 4.15. The first-order valence-electron chi connectivity index (χ1n) is 11.2. The zero-order valence-corrected chi connectivity index (χ0v) is 18.6. The van der Waals surface area contributed by atoms with Crippen LogP contribution in [-0.4, -0.2) is 74.7 Å². The average molecular weight is 461 g/mol. The van der Waals surface area contributed by atoms with E-state index in [2.05, 4.69) is 27.1 Å². The van der Waals surface area contributed by atoms with Gasteiger partial charge in [0.1, 0.15) is 6.17 Å². The molecule has 3 unspecified atom stereocenters. The molecule has 4 heterocycles. The number of hydrogen-bond acceptors (Lipinski definition) is 8. The highest BCUT2D eigenvalue weighted by Gasteiger charge is 2.51. The third kappa shape index (κ3) is 3.76. The highest BCUT2D eigenvalue weighted by molar-refractivity contribution is 7.89. The van der Waals surface area contributed by atoms with Crippen LogP contribution in [0.4, 0.5) is 5.69 Å². The van der Waals surface area contributed by atoms with Gasteiger partial charge in [0, 0.05) is 38.0 Å². The number of nitriles is 1. The molecule has 10 nitrogen and oxygen atoms in total. The number of rotatable bonds is 5. The second kappa shape index (κ2) is 8.61. The van der Waals surface area contributed by atoms with E-state index in [4.69, 9.17) is 4.74 Å². The fourth-order valence-corrected chi connectivity index (χ4v) is 6.55. The summed E-state index contributed by atoms with van der Waals surface area (Å²) in [5, 5.41) is 18.0. The van der Waals surface area contributed by atoms with Crippen LogP contribution in [0.25, 0.3) is 0 Å². The predicted molar refractivity (Wildman–Crippen MR) is 115 cm³/mol. The molecule has 0 radical (unpaired) electrons. The lowest BCUT2D eigenvalue weighted by atomic mass is 9.88. The van der Waals surface area contributed by atoms with Crippen molar-refractivity contribution in [2.45, 2.75) is 42.4 Å². The fraction of sp³-hybridized carbons (Fsp3) is 0.619. The van der Waals surface area contributed by atoms with Gasteiger partial charge in [-0.2, -0.15) is 9.57 Å². The van der Waals surface area contributed by atoms with Crippen molar-refractivity contribution in [1.82, 2.24) is 20.1 Å². The molecule has 5 atom stereocenters. The number of piperidine rings is 1. The van der Waals surface area contributed by atoms with Crippen molar-refractivity contribution in [3.05, 3.63) is 24.3 Å². The lowest BCUT2D eigenvalue weighted by molar-refractivity contribution is -0.128. The standard InChI is InChI=1S/C21H28N6O4S/c22-12-14-7-11-31-13-18(14)27-17-6-8-23-21(28)19(17)20(25-27)24-15-2-4-16(5-3-15)32(29,30)26-9-1-10-26/h2-5,14,17-20,24-25H,1,6-11,13H2,(H,23,28)/t14-,17?,18+,19?,20?/m1/s1. The molecule has 0 aromatic heterocycles. The van der Waals surface area contributed by atoms with Gasteiger partial charge in [0.25, 0.3) is 0 Å². The summed E-state index contributed by atoms with van der Waals surface area (Å²) in [6.45, 7) is 2.75. The summed E-state index contributed by atoms with van der Waals surface area (Å²) >= 11 is 0. The number of carbonyl (C=O) groups is 1. The Morgan fingerprint density at radius 2 is 1.94 bits per heavy atom.